The maximum absolute atomic E-state index is 13.8. The van der Waals surface area contributed by atoms with Gasteiger partial charge in [-0.25, -0.2) is 17.6 Å². The number of aromatic nitrogens is 2. The summed E-state index contributed by atoms with van der Waals surface area (Å²) in [6, 6.07) is 0.544. The zero-order valence-electron chi connectivity index (χ0n) is 11.4. The fourth-order valence-electron chi connectivity index (χ4n) is 2.15. The maximum atomic E-state index is 13.8. The molecule has 0 saturated heterocycles. The van der Waals surface area contributed by atoms with Gasteiger partial charge in [0.1, 0.15) is 23.3 Å². The smallest absolute Gasteiger partial charge is 0.148 e. The molecule has 4 N–H and O–H groups in total. The monoisotopic (exact) mass is 314 g/mol. The second-order valence-electron chi connectivity index (χ2n) is 4.81. The molecule has 0 radical (unpaired) electrons. The van der Waals surface area contributed by atoms with E-state index in [2.05, 4.69) is 9.97 Å². The van der Waals surface area contributed by atoms with Gasteiger partial charge in [-0.05, 0) is 0 Å². The Morgan fingerprint density at radius 1 is 0.955 bits per heavy atom. The SMILES string of the molecule is NCC(c1ncc(F)cc1F)C(N)Cc1ncc(F)cc1F. The van der Waals surface area contributed by atoms with Crippen molar-refractivity contribution in [3.8, 4) is 0 Å². The van der Waals surface area contributed by atoms with Crippen molar-refractivity contribution in [2.75, 3.05) is 6.54 Å². The van der Waals surface area contributed by atoms with Crippen molar-refractivity contribution >= 4 is 0 Å². The van der Waals surface area contributed by atoms with E-state index in [-0.39, 0.29) is 24.4 Å². The van der Waals surface area contributed by atoms with Crippen molar-refractivity contribution in [2.45, 2.75) is 18.4 Å². The fraction of sp³-hybridized carbons (Fsp3) is 0.286. The van der Waals surface area contributed by atoms with Gasteiger partial charge in [0.15, 0.2) is 0 Å². The Labute approximate surface area is 124 Å². The molecule has 0 saturated carbocycles. The van der Waals surface area contributed by atoms with E-state index in [1.807, 2.05) is 0 Å². The van der Waals surface area contributed by atoms with Gasteiger partial charge in [0.25, 0.3) is 0 Å². The highest BCUT2D eigenvalue weighted by molar-refractivity contribution is 5.18. The second-order valence-corrected chi connectivity index (χ2v) is 4.81. The third kappa shape index (κ3) is 3.58. The van der Waals surface area contributed by atoms with Crippen molar-refractivity contribution in [3.63, 3.8) is 0 Å². The van der Waals surface area contributed by atoms with Gasteiger partial charge in [-0.1, -0.05) is 0 Å². The largest absolute Gasteiger partial charge is 0.330 e. The van der Waals surface area contributed by atoms with E-state index in [1.54, 1.807) is 0 Å². The van der Waals surface area contributed by atoms with Crippen LogP contribution in [0.4, 0.5) is 17.6 Å². The van der Waals surface area contributed by atoms with Gasteiger partial charge >= 0.3 is 0 Å². The van der Waals surface area contributed by atoms with Crippen LogP contribution in [0.1, 0.15) is 17.3 Å². The third-order valence-electron chi connectivity index (χ3n) is 3.27. The molecule has 0 amide bonds. The summed E-state index contributed by atoms with van der Waals surface area (Å²) in [4.78, 5) is 7.28. The second kappa shape index (κ2) is 6.80. The number of halogens is 4. The number of pyridine rings is 2. The Morgan fingerprint density at radius 3 is 2.09 bits per heavy atom. The minimum absolute atomic E-state index is 0.0603. The lowest BCUT2D eigenvalue weighted by Crippen LogP contribution is -2.36. The number of nitrogens with zero attached hydrogens (tertiary/aromatic N) is 2. The zero-order chi connectivity index (χ0) is 16.3. The van der Waals surface area contributed by atoms with E-state index in [1.165, 1.54) is 0 Å². The Balaban J connectivity index is 2.23. The molecule has 0 fully saturated rings. The lowest BCUT2D eigenvalue weighted by atomic mass is 9.92. The molecule has 2 heterocycles. The average molecular weight is 314 g/mol. The van der Waals surface area contributed by atoms with Crippen LogP contribution >= 0.6 is 0 Å². The summed E-state index contributed by atoms with van der Waals surface area (Å²) in [6.07, 6.45) is 1.62. The van der Waals surface area contributed by atoms with Gasteiger partial charge < -0.3 is 11.5 Å². The van der Waals surface area contributed by atoms with Gasteiger partial charge in [0.05, 0.1) is 23.8 Å². The van der Waals surface area contributed by atoms with E-state index in [0.717, 1.165) is 12.4 Å². The Bertz CT molecular complexity index is 665. The van der Waals surface area contributed by atoms with E-state index in [9.17, 15) is 17.6 Å². The zero-order valence-corrected chi connectivity index (χ0v) is 11.4. The minimum Gasteiger partial charge on any atom is -0.330 e. The van der Waals surface area contributed by atoms with Gasteiger partial charge in [0, 0.05) is 37.1 Å². The van der Waals surface area contributed by atoms with Crippen molar-refractivity contribution in [2.24, 2.45) is 11.5 Å². The first-order valence-electron chi connectivity index (χ1n) is 6.49. The van der Waals surface area contributed by atoms with Crippen molar-refractivity contribution in [1.29, 1.82) is 0 Å². The summed E-state index contributed by atoms with van der Waals surface area (Å²) in [5.41, 5.74) is 11.3. The van der Waals surface area contributed by atoms with Crippen LogP contribution < -0.4 is 11.5 Å². The van der Waals surface area contributed by atoms with Crippen molar-refractivity contribution in [3.05, 3.63) is 59.2 Å². The molecular weight excluding hydrogens is 300 g/mol. The molecule has 8 heteroatoms. The molecular formula is C14H14F4N4. The van der Waals surface area contributed by atoms with Gasteiger partial charge in [0.2, 0.25) is 0 Å². The van der Waals surface area contributed by atoms with E-state index >= 15 is 0 Å². The van der Waals surface area contributed by atoms with Crippen LogP contribution in [0.25, 0.3) is 0 Å². The normalized spacial score (nSPS) is 13.9. The molecule has 2 atom stereocenters. The Morgan fingerprint density at radius 2 is 1.55 bits per heavy atom. The van der Waals surface area contributed by atoms with Gasteiger partial charge in [-0.3, -0.25) is 9.97 Å². The highest BCUT2D eigenvalue weighted by atomic mass is 19.1. The average Bonchev–Trinajstić information content (AvgIpc) is 2.45. The molecule has 0 aliphatic carbocycles. The Kier molecular flexibility index (Phi) is 5.04. The molecule has 0 aliphatic rings. The third-order valence-corrected chi connectivity index (χ3v) is 3.27. The van der Waals surface area contributed by atoms with E-state index in [0.29, 0.717) is 12.1 Å². The molecule has 0 spiro atoms. The van der Waals surface area contributed by atoms with Gasteiger partial charge in [-0.2, -0.15) is 0 Å². The van der Waals surface area contributed by atoms with Gasteiger partial charge in [-0.15, -0.1) is 0 Å². The lowest BCUT2D eigenvalue weighted by Gasteiger charge is -2.22. The number of hydrogen-bond acceptors (Lipinski definition) is 4. The summed E-state index contributed by atoms with van der Waals surface area (Å²) >= 11 is 0. The molecule has 22 heavy (non-hydrogen) atoms. The minimum atomic E-state index is -0.876. The topological polar surface area (TPSA) is 77.8 Å². The predicted molar refractivity (Wildman–Crippen MR) is 71.8 cm³/mol. The lowest BCUT2D eigenvalue weighted by molar-refractivity contribution is 0.468. The highest BCUT2D eigenvalue weighted by Gasteiger charge is 2.25. The van der Waals surface area contributed by atoms with Crippen LogP contribution in [0.3, 0.4) is 0 Å². The van der Waals surface area contributed by atoms with Crippen LogP contribution in [-0.4, -0.2) is 22.6 Å². The molecule has 2 rings (SSSR count). The first-order chi connectivity index (χ1) is 10.4. The van der Waals surface area contributed by atoms with Crippen LogP contribution in [0.5, 0.6) is 0 Å². The standard InChI is InChI=1S/C14H14F4N4/c15-7-1-10(17)13(21-5-7)3-12(20)9(4-19)14-11(18)2-8(16)6-22-14/h1-2,5-6,9,12H,3-4,19-20H2. The molecule has 0 bridgehead atoms. The van der Waals surface area contributed by atoms with E-state index < -0.39 is 35.2 Å². The maximum Gasteiger partial charge on any atom is 0.148 e. The molecule has 118 valence electrons. The predicted octanol–water partition coefficient (Wildman–Crippen LogP) is 1.65. The van der Waals surface area contributed by atoms with E-state index in [4.69, 9.17) is 11.5 Å². The first-order valence-corrected chi connectivity index (χ1v) is 6.49. The summed E-state index contributed by atoms with van der Waals surface area (Å²) < 4.78 is 53.1. The summed E-state index contributed by atoms with van der Waals surface area (Å²) in [6.45, 7) is -0.0699. The van der Waals surface area contributed by atoms with Crippen molar-refractivity contribution in [1.82, 2.24) is 9.97 Å². The summed E-state index contributed by atoms with van der Waals surface area (Å²) in [7, 11) is 0. The first kappa shape index (κ1) is 16.3. The fourth-order valence-corrected chi connectivity index (χ4v) is 2.15. The highest BCUT2D eigenvalue weighted by Crippen LogP contribution is 2.22. The number of nitrogens with two attached hydrogens (primary N) is 2. The van der Waals surface area contributed by atoms with Crippen molar-refractivity contribution < 1.29 is 17.6 Å². The molecule has 0 aromatic carbocycles. The Hall–Kier alpha value is -2.06. The number of hydrogen-bond donors (Lipinski definition) is 2. The van der Waals surface area contributed by atoms with Crippen LogP contribution in [0.15, 0.2) is 24.5 Å². The summed E-state index contributed by atoms with van der Waals surface area (Å²) in [5.74, 6) is -4.11. The quantitative estimate of drug-likeness (QED) is 0.823. The number of rotatable bonds is 5. The summed E-state index contributed by atoms with van der Waals surface area (Å²) in [5, 5.41) is 0. The molecule has 0 aliphatic heterocycles. The molecule has 2 unspecified atom stereocenters. The molecule has 4 nitrogen and oxygen atoms in total. The van der Waals surface area contributed by atoms with Crippen LogP contribution in [-0.2, 0) is 6.42 Å². The van der Waals surface area contributed by atoms with Crippen LogP contribution in [0.2, 0.25) is 0 Å². The molecule has 2 aromatic rings. The molecule has 2 aromatic heterocycles. The van der Waals surface area contributed by atoms with Crippen LogP contribution in [0, 0.1) is 23.3 Å².